The Bertz CT molecular complexity index is 568. The number of methoxy groups -OCH3 is 1. The summed E-state index contributed by atoms with van der Waals surface area (Å²) in [5, 5.41) is 1.02. The zero-order valence-corrected chi connectivity index (χ0v) is 13.6. The molecule has 0 saturated carbocycles. The zero-order valence-electron chi connectivity index (χ0n) is 12.8. The molecule has 1 aromatic heterocycles. The standard InChI is InChI=1S/C16H21N3O2S/c1-20-12-9-15-17-16(22-18-15)19-10-7-14(8-11-19)21-13-5-3-2-4-6-13/h2-6,14H,7-12H2,1H3. The number of para-hydroxylation sites is 1. The summed E-state index contributed by atoms with van der Waals surface area (Å²) in [5.74, 6) is 1.84. The molecule has 22 heavy (non-hydrogen) atoms. The summed E-state index contributed by atoms with van der Waals surface area (Å²) in [6.07, 6.45) is 3.10. The number of hydrogen-bond donors (Lipinski definition) is 0. The van der Waals surface area contributed by atoms with Crippen LogP contribution in [0.3, 0.4) is 0 Å². The van der Waals surface area contributed by atoms with E-state index in [1.807, 2.05) is 30.3 Å². The van der Waals surface area contributed by atoms with Crippen molar-refractivity contribution >= 4 is 16.7 Å². The summed E-state index contributed by atoms with van der Waals surface area (Å²) in [6.45, 7) is 2.61. The van der Waals surface area contributed by atoms with Gasteiger partial charge in [0, 0.05) is 51.0 Å². The molecule has 1 fully saturated rings. The van der Waals surface area contributed by atoms with Crippen LogP contribution in [0.4, 0.5) is 5.13 Å². The van der Waals surface area contributed by atoms with Crippen molar-refractivity contribution in [1.29, 1.82) is 0 Å². The lowest BCUT2D eigenvalue weighted by Crippen LogP contribution is -2.38. The average Bonchev–Trinajstić information content (AvgIpc) is 3.03. The van der Waals surface area contributed by atoms with E-state index in [9.17, 15) is 0 Å². The van der Waals surface area contributed by atoms with Crippen LogP contribution in [0.15, 0.2) is 30.3 Å². The van der Waals surface area contributed by atoms with Gasteiger partial charge < -0.3 is 14.4 Å². The number of nitrogens with zero attached hydrogens (tertiary/aromatic N) is 3. The Balaban J connectivity index is 1.50. The molecule has 0 spiro atoms. The summed E-state index contributed by atoms with van der Waals surface area (Å²) < 4.78 is 15.5. The second-order valence-electron chi connectivity index (χ2n) is 5.35. The summed E-state index contributed by atoms with van der Waals surface area (Å²) >= 11 is 1.48. The highest BCUT2D eigenvalue weighted by molar-refractivity contribution is 7.09. The van der Waals surface area contributed by atoms with Gasteiger partial charge in [0.1, 0.15) is 17.7 Å². The Labute approximate surface area is 135 Å². The lowest BCUT2D eigenvalue weighted by molar-refractivity contribution is 0.171. The van der Waals surface area contributed by atoms with Crippen molar-refractivity contribution in [2.45, 2.75) is 25.4 Å². The molecule has 0 radical (unpaired) electrons. The number of hydrogen-bond acceptors (Lipinski definition) is 6. The predicted molar refractivity (Wildman–Crippen MR) is 87.8 cm³/mol. The molecule has 118 valence electrons. The first-order chi connectivity index (χ1) is 10.8. The summed E-state index contributed by atoms with van der Waals surface area (Å²) in [7, 11) is 1.70. The molecule has 2 heterocycles. The molecule has 5 nitrogen and oxygen atoms in total. The van der Waals surface area contributed by atoms with Crippen molar-refractivity contribution in [2.75, 3.05) is 31.7 Å². The molecule has 0 amide bonds. The zero-order chi connectivity index (χ0) is 15.2. The van der Waals surface area contributed by atoms with Gasteiger partial charge in [-0.15, -0.1) is 0 Å². The molecule has 2 aromatic rings. The minimum Gasteiger partial charge on any atom is -0.490 e. The fraction of sp³-hybridized carbons (Fsp3) is 0.500. The molecular formula is C16H21N3O2S. The van der Waals surface area contributed by atoms with Gasteiger partial charge in [0.2, 0.25) is 5.13 Å². The van der Waals surface area contributed by atoms with Crippen LogP contribution in [-0.4, -0.2) is 42.3 Å². The van der Waals surface area contributed by atoms with Gasteiger partial charge in [-0.1, -0.05) is 18.2 Å². The number of ether oxygens (including phenoxy) is 2. The van der Waals surface area contributed by atoms with Crippen LogP contribution >= 0.6 is 11.5 Å². The number of aromatic nitrogens is 2. The van der Waals surface area contributed by atoms with Crippen molar-refractivity contribution in [3.8, 4) is 5.75 Å². The van der Waals surface area contributed by atoms with E-state index in [0.29, 0.717) is 12.7 Å². The maximum Gasteiger partial charge on any atom is 0.205 e. The molecule has 0 N–H and O–H groups in total. The SMILES string of the molecule is COCCc1nsc(N2CCC(Oc3ccccc3)CC2)n1. The maximum absolute atomic E-state index is 6.02. The minimum absolute atomic E-state index is 0.291. The van der Waals surface area contributed by atoms with Crippen LogP contribution in [0.2, 0.25) is 0 Å². The minimum atomic E-state index is 0.291. The van der Waals surface area contributed by atoms with Crippen molar-refractivity contribution in [2.24, 2.45) is 0 Å². The van der Waals surface area contributed by atoms with E-state index in [1.54, 1.807) is 7.11 Å². The van der Waals surface area contributed by atoms with Gasteiger partial charge in [0.05, 0.1) is 6.61 Å². The average molecular weight is 319 g/mol. The molecule has 1 aliphatic heterocycles. The van der Waals surface area contributed by atoms with E-state index < -0.39 is 0 Å². The van der Waals surface area contributed by atoms with E-state index >= 15 is 0 Å². The Morgan fingerprint density at radius 3 is 2.73 bits per heavy atom. The van der Waals surface area contributed by atoms with Crippen LogP contribution in [0.5, 0.6) is 5.75 Å². The van der Waals surface area contributed by atoms with Gasteiger partial charge in [-0.25, -0.2) is 4.98 Å². The molecule has 1 aliphatic rings. The second-order valence-corrected chi connectivity index (χ2v) is 6.08. The molecule has 0 atom stereocenters. The van der Waals surface area contributed by atoms with Gasteiger partial charge in [-0.05, 0) is 12.1 Å². The molecule has 1 saturated heterocycles. The molecule has 1 aromatic carbocycles. The quantitative estimate of drug-likeness (QED) is 0.819. The first-order valence-corrected chi connectivity index (χ1v) is 8.40. The molecular weight excluding hydrogens is 298 g/mol. The molecule has 6 heteroatoms. The predicted octanol–water partition coefficient (Wildman–Crippen LogP) is 2.77. The second kappa shape index (κ2) is 7.56. The van der Waals surface area contributed by atoms with Crippen LogP contribution in [0.25, 0.3) is 0 Å². The lowest BCUT2D eigenvalue weighted by atomic mass is 10.1. The van der Waals surface area contributed by atoms with E-state index in [1.165, 1.54) is 11.5 Å². The Morgan fingerprint density at radius 2 is 2.00 bits per heavy atom. The lowest BCUT2D eigenvalue weighted by Gasteiger charge is -2.31. The third-order valence-electron chi connectivity index (χ3n) is 3.75. The van der Waals surface area contributed by atoms with Gasteiger partial charge in [-0.3, -0.25) is 0 Å². The van der Waals surface area contributed by atoms with Crippen molar-refractivity contribution in [1.82, 2.24) is 9.36 Å². The van der Waals surface area contributed by atoms with Gasteiger partial charge in [0.15, 0.2) is 0 Å². The third-order valence-corrected chi connectivity index (χ3v) is 4.56. The van der Waals surface area contributed by atoms with E-state index in [4.69, 9.17) is 9.47 Å². The van der Waals surface area contributed by atoms with Gasteiger partial charge >= 0.3 is 0 Å². The van der Waals surface area contributed by atoms with Crippen molar-refractivity contribution in [3.05, 3.63) is 36.2 Å². The smallest absolute Gasteiger partial charge is 0.205 e. The van der Waals surface area contributed by atoms with E-state index in [2.05, 4.69) is 14.3 Å². The Morgan fingerprint density at radius 1 is 1.23 bits per heavy atom. The van der Waals surface area contributed by atoms with Gasteiger partial charge in [-0.2, -0.15) is 4.37 Å². The number of benzene rings is 1. The summed E-state index contributed by atoms with van der Waals surface area (Å²) in [6, 6.07) is 10.0. The van der Waals surface area contributed by atoms with Crippen LogP contribution in [0, 0.1) is 0 Å². The monoisotopic (exact) mass is 319 g/mol. The summed E-state index contributed by atoms with van der Waals surface area (Å²) in [4.78, 5) is 6.90. The fourth-order valence-corrected chi connectivity index (χ4v) is 3.29. The first-order valence-electron chi connectivity index (χ1n) is 7.63. The van der Waals surface area contributed by atoms with Crippen LogP contribution < -0.4 is 9.64 Å². The highest BCUT2D eigenvalue weighted by Crippen LogP contribution is 2.24. The first kappa shape index (κ1) is 15.2. The molecule has 0 unspecified atom stereocenters. The van der Waals surface area contributed by atoms with Crippen molar-refractivity contribution in [3.63, 3.8) is 0 Å². The van der Waals surface area contributed by atoms with E-state index in [0.717, 1.165) is 49.1 Å². The maximum atomic E-state index is 6.02. The Kier molecular flexibility index (Phi) is 5.24. The topological polar surface area (TPSA) is 47.5 Å². The molecule has 3 rings (SSSR count). The number of rotatable bonds is 6. The molecule has 0 aliphatic carbocycles. The van der Waals surface area contributed by atoms with E-state index in [-0.39, 0.29) is 0 Å². The molecule has 0 bridgehead atoms. The highest BCUT2D eigenvalue weighted by atomic mass is 32.1. The van der Waals surface area contributed by atoms with Crippen LogP contribution in [-0.2, 0) is 11.2 Å². The summed E-state index contributed by atoms with van der Waals surface area (Å²) in [5.41, 5.74) is 0. The third kappa shape index (κ3) is 3.96. The largest absolute Gasteiger partial charge is 0.490 e. The highest BCUT2D eigenvalue weighted by Gasteiger charge is 2.22. The van der Waals surface area contributed by atoms with Gasteiger partial charge in [0.25, 0.3) is 0 Å². The van der Waals surface area contributed by atoms with Crippen molar-refractivity contribution < 1.29 is 9.47 Å². The van der Waals surface area contributed by atoms with Crippen LogP contribution in [0.1, 0.15) is 18.7 Å². The fourth-order valence-electron chi connectivity index (χ4n) is 2.52. The number of piperidine rings is 1. The number of anilines is 1. The Hall–Kier alpha value is -1.66. The normalized spacial score (nSPS) is 16.0.